The molecule has 1 aromatic carbocycles. The van der Waals surface area contributed by atoms with Gasteiger partial charge in [0.05, 0.1) is 16.9 Å². The Morgan fingerprint density at radius 1 is 1.48 bits per heavy atom. The fraction of sp³-hybridized carbons (Fsp3) is 0.312. The Balaban J connectivity index is 2.36. The summed E-state index contributed by atoms with van der Waals surface area (Å²) in [5, 5.41) is 11.4. The van der Waals surface area contributed by atoms with Gasteiger partial charge in [-0.25, -0.2) is 4.39 Å². The van der Waals surface area contributed by atoms with E-state index >= 15 is 0 Å². The second kappa shape index (κ2) is 7.23. The molecule has 0 unspecified atom stereocenters. The number of nitrogens with zero attached hydrogens (tertiary/aromatic N) is 1. The number of carboxylic acids is 1. The molecule has 0 N–H and O–H groups in total. The fourth-order valence-electron chi connectivity index (χ4n) is 2.27. The highest BCUT2D eigenvalue weighted by Crippen LogP contribution is 2.36. The summed E-state index contributed by atoms with van der Waals surface area (Å²) in [4.78, 5) is 25.2. The second-order valence-corrected chi connectivity index (χ2v) is 6.90. The molecule has 1 saturated heterocycles. The Morgan fingerprint density at radius 2 is 2.13 bits per heavy atom. The maximum atomic E-state index is 13.7. The molecule has 2 atom stereocenters. The minimum absolute atomic E-state index is 0.145. The van der Waals surface area contributed by atoms with Crippen LogP contribution in [-0.2, 0) is 9.59 Å². The molecule has 1 aliphatic rings. The van der Waals surface area contributed by atoms with Crippen molar-refractivity contribution in [2.45, 2.75) is 26.3 Å². The average Bonchev–Trinajstić information content (AvgIpc) is 2.77. The highest BCUT2D eigenvalue weighted by molar-refractivity contribution is 8.26. The van der Waals surface area contributed by atoms with E-state index in [2.05, 4.69) is 0 Å². The van der Waals surface area contributed by atoms with Crippen molar-refractivity contribution in [3.05, 3.63) is 40.6 Å². The van der Waals surface area contributed by atoms with E-state index in [1.165, 1.54) is 18.2 Å². The van der Waals surface area contributed by atoms with Gasteiger partial charge >= 0.3 is 0 Å². The van der Waals surface area contributed by atoms with Crippen molar-refractivity contribution in [2.75, 3.05) is 0 Å². The van der Waals surface area contributed by atoms with Gasteiger partial charge in [0.15, 0.2) is 0 Å². The number of thiocarbonyl (C=S) groups is 1. The summed E-state index contributed by atoms with van der Waals surface area (Å²) in [5.74, 6) is -2.65. The molecule has 0 saturated carbocycles. The third-order valence-corrected chi connectivity index (χ3v) is 5.05. The van der Waals surface area contributed by atoms with Gasteiger partial charge in [-0.15, -0.1) is 0 Å². The number of carbonyl (C=O) groups excluding carboxylic acids is 2. The summed E-state index contributed by atoms with van der Waals surface area (Å²) in [6, 6.07) is 4.90. The highest BCUT2D eigenvalue weighted by Gasteiger charge is 2.39. The van der Waals surface area contributed by atoms with Crippen LogP contribution in [0.3, 0.4) is 0 Å². The van der Waals surface area contributed by atoms with Crippen molar-refractivity contribution in [1.29, 1.82) is 0 Å². The van der Waals surface area contributed by atoms with Gasteiger partial charge in [-0.2, -0.15) is 0 Å². The summed E-state index contributed by atoms with van der Waals surface area (Å²) < 4.78 is 13.9. The van der Waals surface area contributed by atoms with Crippen LogP contribution in [-0.4, -0.2) is 27.1 Å². The van der Waals surface area contributed by atoms with Crippen LogP contribution < -0.4 is 5.11 Å². The van der Waals surface area contributed by atoms with Crippen molar-refractivity contribution in [1.82, 2.24) is 4.90 Å². The standard InChI is InChI=1S/C16H16FNO3S2/c1-3-9(2)13(15(20)21)18-14(19)12(23-16(18)22)8-10-6-4-5-7-11(10)17/h4-9,13H,3H2,1-2H3,(H,20,21)/p-1/b12-8-/t9-,13-/m0/s1. The molecule has 0 spiro atoms. The van der Waals surface area contributed by atoms with E-state index in [0.717, 1.165) is 16.7 Å². The minimum Gasteiger partial charge on any atom is -0.548 e. The van der Waals surface area contributed by atoms with Crippen LogP contribution in [0.1, 0.15) is 25.8 Å². The zero-order chi connectivity index (χ0) is 17.1. The van der Waals surface area contributed by atoms with Crippen molar-refractivity contribution < 1.29 is 19.1 Å². The highest BCUT2D eigenvalue weighted by atomic mass is 32.2. The van der Waals surface area contributed by atoms with Gasteiger partial charge in [-0.3, -0.25) is 9.69 Å². The fourth-order valence-corrected chi connectivity index (χ4v) is 3.59. The van der Waals surface area contributed by atoms with Gasteiger partial charge in [0, 0.05) is 5.56 Å². The molecule has 1 aromatic rings. The Hall–Kier alpha value is -1.73. The Labute approximate surface area is 143 Å². The molecule has 4 nitrogen and oxygen atoms in total. The molecule has 1 amide bonds. The molecule has 0 aliphatic carbocycles. The molecule has 122 valence electrons. The summed E-state index contributed by atoms with van der Waals surface area (Å²) in [5.41, 5.74) is 0.251. The Kier molecular flexibility index (Phi) is 5.54. The first-order valence-electron chi connectivity index (χ1n) is 7.09. The van der Waals surface area contributed by atoms with Gasteiger partial charge < -0.3 is 9.90 Å². The van der Waals surface area contributed by atoms with Crippen LogP contribution >= 0.6 is 24.0 Å². The van der Waals surface area contributed by atoms with Crippen molar-refractivity contribution >= 4 is 46.3 Å². The van der Waals surface area contributed by atoms with Gasteiger partial charge in [-0.05, 0) is 18.1 Å². The normalized spacial score (nSPS) is 19.3. The molecule has 1 heterocycles. The molecule has 0 aromatic heterocycles. The van der Waals surface area contributed by atoms with Crippen molar-refractivity contribution in [3.8, 4) is 0 Å². The van der Waals surface area contributed by atoms with E-state index in [0.29, 0.717) is 6.42 Å². The Bertz CT molecular complexity index is 690. The molecule has 0 radical (unpaired) electrons. The Morgan fingerprint density at radius 3 is 2.70 bits per heavy atom. The van der Waals surface area contributed by atoms with Crippen molar-refractivity contribution in [3.63, 3.8) is 0 Å². The molecule has 0 bridgehead atoms. The molecular weight excluding hydrogens is 337 g/mol. The number of halogens is 1. The second-order valence-electron chi connectivity index (χ2n) is 5.22. The lowest BCUT2D eigenvalue weighted by molar-refractivity contribution is -0.311. The zero-order valence-electron chi connectivity index (χ0n) is 12.6. The first kappa shape index (κ1) is 17.6. The van der Waals surface area contributed by atoms with E-state index in [9.17, 15) is 19.1 Å². The lowest BCUT2D eigenvalue weighted by Gasteiger charge is -2.32. The molecule has 1 fully saturated rings. The molecule has 7 heteroatoms. The topological polar surface area (TPSA) is 60.4 Å². The third-order valence-electron chi connectivity index (χ3n) is 3.72. The van der Waals surface area contributed by atoms with E-state index in [1.54, 1.807) is 19.1 Å². The predicted molar refractivity (Wildman–Crippen MR) is 89.7 cm³/mol. The van der Waals surface area contributed by atoms with Crippen LogP contribution in [0.2, 0.25) is 0 Å². The largest absolute Gasteiger partial charge is 0.548 e. The van der Waals surface area contributed by atoms with Crippen LogP contribution in [0.15, 0.2) is 29.2 Å². The summed E-state index contributed by atoms with van der Waals surface area (Å²) >= 11 is 6.12. The zero-order valence-corrected chi connectivity index (χ0v) is 14.2. The van der Waals surface area contributed by atoms with E-state index < -0.39 is 23.7 Å². The van der Waals surface area contributed by atoms with Gasteiger partial charge in [0.1, 0.15) is 10.1 Å². The number of rotatable bonds is 5. The molecular formula is C16H15FNO3S2-. The predicted octanol–water partition coefficient (Wildman–Crippen LogP) is 2.19. The maximum Gasteiger partial charge on any atom is 0.266 e. The summed E-state index contributed by atoms with van der Waals surface area (Å²) in [7, 11) is 0. The monoisotopic (exact) mass is 352 g/mol. The van der Waals surface area contributed by atoms with Crippen LogP contribution in [0.25, 0.3) is 6.08 Å². The number of hydrogen-bond acceptors (Lipinski definition) is 5. The summed E-state index contributed by atoms with van der Waals surface area (Å²) in [6.07, 6.45) is 1.94. The lowest BCUT2D eigenvalue weighted by Crippen LogP contribution is -2.53. The minimum atomic E-state index is -1.34. The number of amides is 1. The van der Waals surface area contributed by atoms with E-state index in [1.807, 2.05) is 6.92 Å². The van der Waals surface area contributed by atoms with E-state index in [-0.39, 0.29) is 20.7 Å². The van der Waals surface area contributed by atoms with Crippen LogP contribution in [0, 0.1) is 11.7 Å². The number of benzene rings is 1. The number of thioether (sulfide) groups is 1. The first-order valence-corrected chi connectivity index (χ1v) is 8.31. The lowest BCUT2D eigenvalue weighted by atomic mass is 9.98. The maximum absolute atomic E-state index is 13.7. The van der Waals surface area contributed by atoms with Crippen molar-refractivity contribution in [2.24, 2.45) is 5.92 Å². The number of carbonyl (C=O) groups is 2. The van der Waals surface area contributed by atoms with Gasteiger partial charge in [-0.1, -0.05) is 62.4 Å². The van der Waals surface area contributed by atoms with Crippen LogP contribution in [0.5, 0.6) is 0 Å². The molecule has 2 rings (SSSR count). The van der Waals surface area contributed by atoms with Crippen LogP contribution in [0.4, 0.5) is 4.39 Å². The average molecular weight is 352 g/mol. The number of aliphatic carboxylic acids is 1. The summed E-state index contributed by atoms with van der Waals surface area (Å²) in [6.45, 7) is 3.55. The number of carboxylic acid groups (broad SMARTS) is 1. The molecule has 1 aliphatic heterocycles. The quantitative estimate of drug-likeness (QED) is 0.600. The SMILES string of the molecule is CC[C@H](C)[C@@H](C(=O)[O-])N1C(=O)/C(=C/c2ccccc2F)SC1=S. The van der Waals surface area contributed by atoms with Gasteiger partial charge in [0.25, 0.3) is 5.91 Å². The third kappa shape index (κ3) is 3.61. The number of hydrogen-bond donors (Lipinski definition) is 0. The molecule has 23 heavy (non-hydrogen) atoms. The van der Waals surface area contributed by atoms with E-state index in [4.69, 9.17) is 12.2 Å². The smallest absolute Gasteiger partial charge is 0.266 e. The van der Waals surface area contributed by atoms with Gasteiger partial charge in [0.2, 0.25) is 0 Å². The first-order chi connectivity index (χ1) is 10.9.